The Morgan fingerprint density at radius 2 is 1.95 bits per heavy atom. The maximum Gasteiger partial charge on any atom is 0.347 e. The van der Waals surface area contributed by atoms with Crippen molar-refractivity contribution >= 4 is 40.7 Å². The number of carbonyl (C=O) groups excluding carboxylic acids is 1. The van der Waals surface area contributed by atoms with E-state index < -0.39 is 11.7 Å². The molecule has 0 spiro atoms. The SMILES string of the molecule is CCOC(=O)c1c(Nc2cc(Cl)cc(Cl)c2)nc(=O)[nH]c1C. The standard InChI is InChI=1S/C14H13Cl2N3O3/c1-3-22-13(20)11-7(2)17-14(21)19-12(11)18-10-5-8(15)4-9(16)6-10/h4-6H,3H2,1-2H3,(H2,17,18,19,21). The Morgan fingerprint density at radius 3 is 2.55 bits per heavy atom. The summed E-state index contributed by atoms with van der Waals surface area (Å²) in [7, 11) is 0. The highest BCUT2D eigenvalue weighted by atomic mass is 35.5. The van der Waals surface area contributed by atoms with Crippen LogP contribution in [-0.4, -0.2) is 22.5 Å². The van der Waals surface area contributed by atoms with E-state index in [1.54, 1.807) is 32.0 Å². The summed E-state index contributed by atoms with van der Waals surface area (Å²) in [5, 5.41) is 3.70. The van der Waals surface area contributed by atoms with Crippen LogP contribution in [0.5, 0.6) is 0 Å². The van der Waals surface area contributed by atoms with Crippen LogP contribution in [0, 0.1) is 6.92 Å². The number of aromatic amines is 1. The number of aromatic nitrogens is 2. The van der Waals surface area contributed by atoms with Crippen molar-refractivity contribution in [3.05, 3.63) is 50.0 Å². The maximum absolute atomic E-state index is 12.0. The summed E-state index contributed by atoms with van der Waals surface area (Å²) in [6.07, 6.45) is 0. The molecule has 0 aliphatic heterocycles. The van der Waals surface area contributed by atoms with Gasteiger partial charge in [0.05, 0.1) is 6.61 Å². The highest BCUT2D eigenvalue weighted by molar-refractivity contribution is 6.35. The van der Waals surface area contributed by atoms with Crippen molar-refractivity contribution in [1.29, 1.82) is 0 Å². The molecule has 2 N–H and O–H groups in total. The number of hydrogen-bond acceptors (Lipinski definition) is 5. The van der Waals surface area contributed by atoms with Gasteiger partial charge < -0.3 is 15.0 Å². The van der Waals surface area contributed by atoms with E-state index in [9.17, 15) is 9.59 Å². The number of hydrogen-bond donors (Lipinski definition) is 2. The van der Waals surface area contributed by atoms with E-state index in [4.69, 9.17) is 27.9 Å². The van der Waals surface area contributed by atoms with E-state index in [0.717, 1.165) is 0 Å². The van der Waals surface area contributed by atoms with Gasteiger partial charge in [0.15, 0.2) is 5.82 Å². The molecule has 0 bridgehead atoms. The number of nitrogens with one attached hydrogen (secondary N) is 2. The van der Waals surface area contributed by atoms with E-state index >= 15 is 0 Å². The van der Waals surface area contributed by atoms with Crippen LogP contribution in [-0.2, 0) is 4.74 Å². The lowest BCUT2D eigenvalue weighted by Gasteiger charge is -2.12. The summed E-state index contributed by atoms with van der Waals surface area (Å²) in [6, 6.07) is 4.76. The third-order valence-electron chi connectivity index (χ3n) is 2.72. The minimum Gasteiger partial charge on any atom is -0.462 e. The van der Waals surface area contributed by atoms with Crippen molar-refractivity contribution in [2.75, 3.05) is 11.9 Å². The zero-order valence-corrected chi connectivity index (χ0v) is 13.4. The second-order valence-corrected chi connectivity index (χ2v) is 5.27. The Balaban J connectivity index is 2.49. The number of benzene rings is 1. The number of carbonyl (C=O) groups is 1. The highest BCUT2D eigenvalue weighted by Crippen LogP contribution is 2.26. The number of esters is 1. The quantitative estimate of drug-likeness (QED) is 0.833. The van der Waals surface area contributed by atoms with Crippen molar-refractivity contribution in [2.45, 2.75) is 13.8 Å². The van der Waals surface area contributed by atoms with E-state index in [1.807, 2.05) is 0 Å². The zero-order valence-electron chi connectivity index (χ0n) is 11.9. The summed E-state index contributed by atoms with van der Waals surface area (Å²) >= 11 is 11.9. The predicted molar refractivity (Wildman–Crippen MR) is 85.3 cm³/mol. The first-order chi connectivity index (χ1) is 10.4. The van der Waals surface area contributed by atoms with Crippen LogP contribution < -0.4 is 11.0 Å². The van der Waals surface area contributed by atoms with Crippen LogP contribution in [0.1, 0.15) is 23.0 Å². The first kappa shape index (κ1) is 16.3. The van der Waals surface area contributed by atoms with E-state index in [1.165, 1.54) is 0 Å². The molecule has 1 aromatic heterocycles. The minimum absolute atomic E-state index is 0.0815. The van der Waals surface area contributed by atoms with Crippen molar-refractivity contribution < 1.29 is 9.53 Å². The second-order valence-electron chi connectivity index (χ2n) is 4.39. The van der Waals surface area contributed by atoms with Crippen LogP contribution in [0.25, 0.3) is 0 Å². The van der Waals surface area contributed by atoms with Gasteiger partial charge in [-0.25, -0.2) is 9.59 Å². The molecule has 0 aliphatic rings. The van der Waals surface area contributed by atoms with Crippen molar-refractivity contribution in [3.8, 4) is 0 Å². The molecule has 0 fully saturated rings. The fourth-order valence-electron chi connectivity index (χ4n) is 1.89. The van der Waals surface area contributed by atoms with Gasteiger partial charge in [-0.2, -0.15) is 4.98 Å². The highest BCUT2D eigenvalue weighted by Gasteiger charge is 2.19. The molecular weight excluding hydrogens is 329 g/mol. The molecule has 22 heavy (non-hydrogen) atoms. The molecule has 2 aromatic rings. The third-order valence-corrected chi connectivity index (χ3v) is 3.16. The molecule has 0 atom stereocenters. The van der Waals surface area contributed by atoms with Crippen LogP contribution in [0.3, 0.4) is 0 Å². The largest absolute Gasteiger partial charge is 0.462 e. The van der Waals surface area contributed by atoms with Crippen molar-refractivity contribution in [2.24, 2.45) is 0 Å². The van der Waals surface area contributed by atoms with Crippen molar-refractivity contribution in [3.63, 3.8) is 0 Å². The molecule has 8 heteroatoms. The summed E-state index contributed by atoms with van der Waals surface area (Å²) in [4.78, 5) is 29.9. The molecule has 0 saturated heterocycles. The van der Waals surface area contributed by atoms with Crippen LogP contribution in [0.15, 0.2) is 23.0 Å². The van der Waals surface area contributed by atoms with Crippen molar-refractivity contribution in [1.82, 2.24) is 9.97 Å². The van der Waals surface area contributed by atoms with Crippen LogP contribution in [0.2, 0.25) is 10.0 Å². The van der Waals surface area contributed by atoms with E-state index in [-0.39, 0.29) is 18.0 Å². The monoisotopic (exact) mass is 341 g/mol. The molecule has 1 heterocycles. The number of halogens is 2. The summed E-state index contributed by atoms with van der Waals surface area (Å²) in [5.41, 5.74) is 0.424. The van der Waals surface area contributed by atoms with Crippen LogP contribution in [0.4, 0.5) is 11.5 Å². The minimum atomic E-state index is -0.584. The second kappa shape index (κ2) is 6.81. The van der Waals surface area contributed by atoms with Crippen LogP contribution >= 0.6 is 23.2 Å². The molecule has 1 aromatic carbocycles. The summed E-state index contributed by atoms with van der Waals surface area (Å²) < 4.78 is 4.98. The zero-order chi connectivity index (χ0) is 16.3. The fraction of sp³-hybridized carbons (Fsp3) is 0.214. The van der Waals surface area contributed by atoms with Gasteiger partial charge in [0, 0.05) is 21.4 Å². The molecule has 116 valence electrons. The first-order valence-corrected chi connectivity index (χ1v) is 7.17. The number of rotatable bonds is 4. The molecule has 0 saturated carbocycles. The Labute approximate surface area is 136 Å². The molecular formula is C14H13Cl2N3O3. The molecule has 0 unspecified atom stereocenters. The molecule has 0 amide bonds. The topological polar surface area (TPSA) is 84.1 Å². The Hall–Kier alpha value is -2.05. The lowest BCUT2D eigenvalue weighted by molar-refractivity contribution is 0.0525. The average Bonchev–Trinajstić information content (AvgIpc) is 2.36. The Morgan fingerprint density at radius 1 is 1.32 bits per heavy atom. The number of aryl methyl sites for hydroxylation is 1. The third kappa shape index (κ3) is 3.78. The number of anilines is 2. The predicted octanol–water partition coefficient (Wildman–Crippen LogP) is 3.31. The summed E-state index contributed by atoms with van der Waals surface area (Å²) in [6.45, 7) is 3.49. The van der Waals surface area contributed by atoms with Gasteiger partial charge in [-0.1, -0.05) is 23.2 Å². The van der Waals surface area contributed by atoms with Gasteiger partial charge in [0.25, 0.3) is 0 Å². The summed E-state index contributed by atoms with van der Waals surface area (Å²) in [5.74, 6) is -0.502. The maximum atomic E-state index is 12.0. The van der Waals surface area contributed by atoms with E-state index in [2.05, 4.69) is 15.3 Å². The molecule has 2 rings (SSSR count). The van der Waals surface area contributed by atoms with Gasteiger partial charge in [0.2, 0.25) is 0 Å². The molecule has 6 nitrogen and oxygen atoms in total. The van der Waals surface area contributed by atoms with Gasteiger partial charge >= 0.3 is 11.7 Å². The number of H-pyrrole nitrogens is 1. The van der Waals surface area contributed by atoms with Gasteiger partial charge in [-0.3, -0.25) is 0 Å². The van der Waals surface area contributed by atoms with Gasteiger partial charge in [-0.05, 0) is 32.0 Å². The van der Waals surface area contributed by atoms with Gasteiger partial charge in [0.1, 0.15) is 5.56 Å². The Kier molecular flexibility index (Phi) is 5.05. The van der Waals surface area contributed by atoms with Gasteiger partial charge in [-0.15, -0.1) is 0 Å². The normalized spacial score (nSPS) is 10.4. The lowest BCUT2D eigenvalue weighted by atomic mass is 10.2. The average molecular weight is 342 g/mol. The lowest BCUT2D eigenvalue weighted by Crippen LogP contribution is -2.20. The first-order valence-electron chi connectivity index (χ1n) is 6.42. The number of nitrogens with zero attached hydrogens (tertiary/aromatic N) is 1. The number of ether oxygens (including phenoxy) is 1. The Bertz CT molecular complexity index is 754. The molecule has 0 radical (unpaired) electrons. The smallest absolute Gasteiger partial charge is 0.347 e. The van der Waals surface area contributed by atoms with E-state index in [0.29, 0.717) is 21.4 Å². The fourth-order valence-corrected chi connectivity index (χ4v) is 2.42. The molecule has 0 aliphatic carbocycles.